The van der Waals surface area contributed by atoms with Crippen molar-refractivity contribution in [2.45, 2.75) is 56.3 Å². The van der Waals surface area contributed by atoms with E-state index in [1.165, 1.54) is 68.3 Å². The quantitative estimate of drug-likeness (QED) is 0.161. The molecule has 5 N–H and O–H groups in total. The maximum Gasteiger partial charge on any atom is 0.309 e. The Morgan fingerprint density at radius 3 is 2.49 bits per heavy atom. The van der Waals surface area contributed by atoms with Gasteiger partial charge in [-0.25, -0.2) is 17.8 Å². The van der Waals surface area contributed by atoms with Gasteiger partial charge in [-0.05, 0) is 98.8 Å². The van der Waals surface area contributed by atoms with E-state index in [2.05, 4.69) is 15.6 Å². The lowest BCUT2D eigenvalue weighted by Gasteiger charge is -2.33. The second-order valence-corrected chi connectivity index (χ2v) is 14.5. The van der Waals surface area contributed by atoms with Gasteiger partial charge in [-0.1, -0.05) is 0 Å². The van der Waals surface area contributed by atoms with Crippen molar-refractivity contribution in [2.75, 3.05) is 29.5 Å². The van der Waals surface area contributed by atoms with Crippen LogP contribution in [0.4, 0.5) is 21.6 Å². The van der Waals surface area contributed by atoms with Crippen LogP contribution in [0.3, 0.4) is 0 Å². The highest BCUT2D eigenvalue weighted by Crippen LogP contribution is 2.44. The molecule has 0 saturated carbocycles. The predicted molar refractivity (Wildman–Crippen MR) is 183 cm³/mol. The van der Waals surface area contributed by atoms with Gasteiger partial charge >= 0.3 is 5.97 Å². The molecule has 0 radical (unpaired) electrons. The second kappa shape index (κ2) is 14.1. The Balaban J connectivity index is 1.68. The number of sulfone groups is 1. The van der Waals surface area contributed by atoms with Gasteiger partial charge in [0.25, 0.3) is 0 Å². The van der Waals surface area contributed by atoms with Crippen molar-refractivity contribution in [3.05, 3.63) is 83.8 Å². The molecule has 2 heterocycles. The number of hydrogen-bond donors (Lipinski definition) is 4. The van der Waals surface area contributed by atoms with Crippen molar-refractivity contribution in [3.63, 3.8) is 0 Å². The average Bonchev–Trinajstić information content (AvgIpc) is 3.50. The molecule has 2 amide bonds. The zero-order chi connectivity index (χ0) is 35.6. The monoisotopic (exact) mass is 691 g/mol. The zero-order valence-corrected chi connectivity index (χ0v) is 28.3. The van der Waals surface area contributed by atoms with Gasteiger partial charge in [0.05, 0.1) is 28.7 Å². The average molecular weight is 692 g/mol. The molecule has 4 aromatic rings. The Kier molecular flexibility index (Phi) is 10.1. The molecular weight excluding hydrogens is 653 g/mol. The molecule has 0 spiro atoms. The number of likely N-dealkylation sites (tertiary alicyclic amines) is 1. The highest BCUT2D eigenvalue weighted by molar-refractivity contribution is 7.92. The minimum absolute atomic E-state index is 0.00624. The number of aliphatic carboxylic acids is 1. The summed E-state index contributed by atoms with van der Waals surface area (Å²) in [5.74, 6) is -3.69. The molecule has 1 fully saturated rings. The summed E-state index contributed by atoms with van der Waals surface area (Å²) in [6, 6.07) is 12.3. The summed E-state index contributed by atoms with van der Waals surface area (Å²) in [7, 11) is -4.00. The molecule has 1 saturated heterocycles. The highest BCUT2D eigenvalue weighted by Gasteiger charge is 2.46. The van der Waals surface area contributed by atoms with Crippen LogP contribution in [0.15, 0.2) is 71.8 Å². The normalized spacial score (nSPS) is 16.8. The number of carbonyl (C=O) groups excluding carboxylic acids is 2. The van der Waals surface area contributed by atoms with Crippen LogP contribution >= 0.6 is 0 Å². The van der Waals surface area contributed by atoms with Crippen molar-refractivity contribution in [1.82, 2.24) is 9.88 Å². The number of fused-ring (bicyclic) bond motifs is 1. The highest BCUT2D eigenvalue weighted by atomic mass is 32.2. The van der Waals surface area contributed by atoms with E-state index >= 15 is 4.39 Å². The number of pyridine rings is 1. The van der Waals surface area contributed by atoms with Crippen LogP contribution in [0.1, 0.15) is 57.3 Å². The van der Waals surface area contributed by atoms with Crippen LogP contribution in [-0.2, 0) is 24.2 Å². The number of rotatable bonds is 11. The fourth-order valence-electron chi connectivity index (χ4n) is 6.15. The lowest BCUT2D eigenvalue weighted by molar-refractivity contribution is -0.143. The summed E-state index contributed by atoms with van der Waals surface area (Å²) in [5, 5.41) is 16.6. The smallest absolute Gasteiger partial charge is 0.309 e. The Morgan fingerprint density at radius 2 is 1.82 bits per heavy atom. The van der Waals surface area contributed by atoms with Crippen molar-refractivity contribution >= 4 is 55.6 Å². The first-order valence-electron chi connectivity index (χ1n) is 15.7. The first kappa shape index (κ1) is 35.1. The predicted octanol–water partition coefficient (Wildman–Crippen LogP) is 5.32. The van der Waals surface area contributed by atoms with Gasteiger partial charge in [0.2, 0.25) is 11.8 Å². The van der Waals surface area contributed by atoms with Gasteiger partial charge in [0, 0.05) is 42.0 Å². The number of carboxylic acids is 1. The number of hydrogen-bond acceptors (Lipinski definition) is 9. The summed E-state index contributed by atoms with van der Waals surface area (Å²) < 4.78 is 48.6. The molecule has 0 aliphatic carbocycles. The molecule has 0 unspecified atom stereocenters. The number of nitrogens with one attached hydrogen (secondary N) is 2. The minimum Gasteiger partial charge on any atom is -0.494 e. The van der Waals surface area contributed by atoms with Crippen LogP contribution in [0, 0.1) is 11.7 Å². The van der Waals surface area contributed by atoms with Gasteiger partial charge in [0.15, 0.2) is 9.84 Å². The van der Waals surface area contributed by atoms with Gasteiger partial charge in [0.1, 0.15) is 23.4 Å². The van der Waals surface area contributed by atoms with E-state index in [0.29, 0.717) is 28.0 Å². The third kappa shape index (κ3) is 7.14. The van der Waals surface area contributed by atoms with Crippen LogP contribution in [0.2, 0.25) is 0 Å². The zero-order valence-electron chi connectivity index (χ0n) is 27.4. The third-order valence-electron chi connectivity index (χ3n) is 8.52. The Bertz CT molecular complexity index is 2040. The summed E-state index contributed by atoms with van der Waals surface area (Å²) in [6.45, 7) is 6.24. The maximum absolute atomic E-state index is 15.7. The molecule has 1 aliphatic heterocycles. The molecule has 258 valence electrons. The number of amides is 2. The number of aromatic nitrogens is 1. The topological polar surface area (TPSA) is 181 Å². The summed E-state index contributed by atoms with van der Waals surface area (Å²) >= 11 is 0. The number of anilines is 3. The Hall–Kier alpha value is -5.24. The molecule has 12 nitrogen and oxygen atoms in total. The summed E-state index contributed by atoms with van der Waals surface area (Å²) in [6.07, 6.45) is 1.53. The van der Waals surface area contributed by atoms with Crippen molar-refractivity contribution in [3.8, 4) is 5.75 Å². The number of nitrogen functional groups attached to an aromatic ring is 1. The molecule has 5 rings (SSSR count). The van der Waals surface area contributed by atoms with E-state index in [9.17, 15) is 27.9 Å². The van der Waals surface area contributed by atoms with E-state index in [0.717, 1.165) is 0 Å². The number of benzene rings is 3. The minimum atomic E-state index is -4.00. The van der Waals surface area contributed by atoms with Gasteiger partial charge in [-0.3, -0.25) is 14.4 Å². The molecule has 14 heteroatoms. The van der Waals surface area contributed by atoms with E-state index in [4.69, 9.17) is 10.5 Å². The Labute approximate surface area is 283 Å². The lowest BCUT2D eigenvalue weighted by Crippen LogP contribution is -2.40. The number of nitrogens with two attached hydrogens (primary N) is 1. The molecule has 49 heavy (non-hydrogen) atoms. The van der Waals surface area contributed by atoms with Crippen molar-refractivity contribution < 1.29 is 37.0 Å². The van der Waals surface area contributed by atoms with Crippen molar-refractivity contribution in [2.24, 2.45) is 5.92 Å². The first-order valence-corrected chi connectivity index (χ1v) is 17.3. The van der Waals surface area contributed by atoms with Crippen LogP contribution in [0.5, 0.6) is 5.75 Å². The van der Waals surface area contributed by atoms with Crippen LogP contribution < -0.4 is 21.1 Å². The number of carboxylic acid groups (broad SMARTS) is 1. The van der Waals surface area contributed by atoms with Gasteiger partial charge < -0.3 is 31.1 Å². The van der Waals surface area contributed by atoms with Gasteiger partial charge in [-0.15, -0.1) is 0 Å². The van der Waals surface area contributed by atoms with E-state index in [1.54, 1.807) is 31.2 Å². The molecular formula is C35H38FN5O7S. The van der Waals surface area contributed by atoms with E-state index in [1.807, 2.05) is 0 Å². The summed E-state index contributed by atoms with van der Waals surface area (Å²) in [4.78, 5) is 44.7. The fourth-order valence-corrected chi connectivity index (χ4v) is 7.43. The Morgan fingerprint density at radius 1 is 1.08 bits per heavy atom. The first-order chi connectivity index (χ1) is 23.2. The van der Waals surface area contributed by atoms with Gasteiger partial charge in [-0.2, -0.15) is 0 Å². The number of halogens is 1. The number of carbonyl (C=O) groups is 3. The standard InChI is InChI=1S/C35H38FN5O7S/c1-5-48-24-8-10-29(36)27(18-24)31(40-22-6-9-25-21(16-22)12-14-38-33(25)37)34(43)41-15-13-26(35(44)45)32(41)28-17-23(39-20(4)42)7-11-30(28)49(46,47)19(2)3/h6-12,14,16-19,26,31-32,40H,5,13,15H2,1-4H3,(H2,37,38)(H,39,42)(H,44,45)/t26-,31-,32+/m0/s1. The molecule has 3 atom stereocenters. The fraction of sp³-hybridized carbons (Fsp3) is 0.314. The molecule has 1 aliphatic rings. The van der Waals surface area contributed by atoms with Crippen LogP contribution in [0.25, 0.3) is 10.8 Å². The SMILES string of the molecule is CCOc1ccc(F)c([C@H](Nc2ccc3c(N)nccc3c2)C(=O)N2CC[C@H](C(=O)O)[C@@H]2c2cc(NC(C)=O)ccc2S(=O)(=O)C(C)C)c1. The maximum atomic E-state index is 15.7. The largest absolute Gasteiger partial charge is 0.494 e. The second-order valence-electron chi connectivity index (χ2n) is 12.1. The number of ether oxygens (including phenoxy) is 1. The lowest BCUT2D eigenvalue weighted by atomic mass is 9.92. The summed E-state index contributed by atoms with van der Waals surface area (Å²) in [5.41, 5.74) is 6.66. The third-order valence-corrected chi connectivity index (χ3v) is 10.7. The molecule has 1 aromatic heterocycles. The molecule has 3 aromatic carbocycles. The number of nitrogens with zero attached hydrogens (tertiary/aromatic N) is 2. The van der Waals surface area contributed by atoms with E-state index in [-0.39, 0.29) is 41.3 Å². The van der Waals surface area contributed by atoms with Crippen molar-refractivity contribution in [1.29, 1.82) is 0 Å². The van der Waals surface area contributed by atoms with Crippen LogP contribution in [-0.4, -0.2) is 59.6 Å². The molecule has 0 bridgehead atoms. The van der Waals surface area contributed by atoms with E-state index < -0.39 is 56.7 Å².